The quantitative estimate of drug-likeness (QED) is 0.660. The second kappa shape index (κ2) is 6.80. The van der Waals surface area contributed by atoms with Crippen LogP contribution in [0.5, 0.6) is 0 Å². The molecule has 26 heavy (non-hydrogen) atoms. The van der Waals surface area contributed by atoms with Gasteiger partial charge < -0.3 is 19.5 Å². The van der Waals surface area contributed by atoms with Crippen molar-refractivity contribution < 1.29 is 23.8 Å². The van der Waals surface area contributed by atoms with Gasteiger partial charge in [-0.1, -0.05) is 48.5 Å². The number of methoxy groups -OCH3 is 1. The van der Waals surface area contributed by atoms with Gasteiger partial charge in [0.1, 0.15) is 12.7 Å². The molecule has 2 aliphatic rings. The summed E-state index contributed by atoms with van der Waals surface area (Å²) >= 11 is 0. The molecule has 1 saturated heterocycles. The van der Waals surface area contributed by atoms with Crippen LogP contribution in [0.2, 0.25) is 0 Å². The zero-order valence-corrected chi connectivity index (χ0v) is 14.3. The summed E-state index contributed by atoms with van der Waals surface area (Å²) in [6, 6.07) is 15.4. The Hall–Kier alpha value is -2.86. The van der Waals surface area contributed by atoms with Gasteiger partial charge in [0.2, 0.25) is 0 Å². The molecule has 4 rings (SSSR count). The Bertz CT molecular complexity index is 800. The summed E-state index contributed by atoms with van der Waals surface area (Å²) in [6.45, 7) is 0.614. The van der Waals surface area contributed by atoms with Gasteiger partial charge in [0.15, 0.2) is 6.04 Å². The SMILES string of the molecule is COC(=O)C(NC(=O)OCC1c2ccccc2-c2ccccc21)C1CO1. The van der Waals surface area contributed by atoms with Crippen molar-refractivity contribution in [3.05, 3.63) is 59.7 Å². The largest absolute Gasteiger partial charge is 0.467 e. The molecule has 0 radical (unpaired) electrons. The minimum absolute atomic E-state index is 0.0260. The monoisotopic (exact) mass is 353 g/mol. The molecule has 1 aliphatic heterocycles. The number of ether oxygens (including phenoxy) is 3. The van der Waals surface area contributed by atoms with Crippen molar-refractivity contribution in [2.45, 2.75) is 18.1 Å². The Kier molecular flexibility index (Phi) is 4.34. The van der Waals surface area contributed by atoms with Crippen LogP contribution >= 0.6 is 0 Å². The summed E-state index contributed by atoms with van der Waals surface area (Å²) in [5.41, 5.74) is 4.60. The van der Waals surface area contributed by atoms with Crippen molar-refractivity contribution in [1.29, 1.82) is 0 Å². The van der Waals surface area contributed by atoms with E-state index in [-0.39, 0.29) is 18.6 Å². The molecule has 2 unspecified atom stereocenters. The van der Waals surface area contributed by atoms with E-state index in [2.05, 4.69) is 29.6 Å². The predicted molar refractivity (Wildman–Crippen MR) is 93.7 cm³/mol. The highest BCUT2D eigenvalue weighted by molar-refractivity contribution is 5.82. The molecule has 0 bridgehead atoms. The van der Waals surface area contributed by atoms with Crippen molar-refractivity contribution in [1.82, 2.24) is 5.32 Å². The van der Waals surface area contributed by atoms with E-state index in [1.807, 2.05) is 24.3 Å². The smallest absolute Gasteiger partial charge is 0.407 e. The van der Waals surface area contributed by atoms with E-state index in [9.17, 15) is 9.59 Å². The molecule has 2 aromatic carbocycles. The molecule has 1 aliphatic carbocycles. The van der Waals surface area contributed by atoms with E-state index in [0.29, 0.717) is 6.61 Å². The van der Waals surface area contributed by atoms with Gasteiger partial charge >= 0.3 is 12.1 Å². The van der Waals surface area contributed by atoms with E-state index in [1.54, 1.807) is 0 Å². The van der Waals surface area contributed by atoms with Gasteiger partial charge in [-0.15, -0.1) is 0 Å². The minimum atomic E-state index is -0.837. The third-order valence-electron chi connectivity index (χ3n) is 4.80. The second-order valence-electron chi connectivity index (χ2n) is 6.34. The van der Waals surface area contributed by atoms with Crippen LogP contribution in [0.4, 0.5) is 4.79 Å². The predicted octanol–water partition coefficient (Wildman–Crippen LogP) is 2.47. The number of rotatable bonds is 5. The van der Waals surface area contributed by atoms with Crippen molar-refractivity contribution in [2.75, 3.05) is 20.3 Å². The summed E-state index contributed by atoms with van der Waals surface area (Å²) in [4.78, 5) is 23.9. The van der Waals surface area contributed by atoms with E-state index in [1.165, 1.54) is 7.11 Å². The van der Waals surface area contributed by atoms with Crippen LogP contribution in [0.25, 0.3) is 11.1 Å². The van der Waals surface area contributed by atoms with Crippen molar-refractivity contribution in [2.24, 2.45) is 0 Å². The third kappa shape index (κ3) is 3.04. The van der Waals surface area contributed by atoms with E-state index in [0.717, 1.165) is 22.3 Å². The first-order chi connectivity index (χ1) is 12.7. The van der Waals surface area contributed by atoms with E-state index >= 15 is 0 Å². The van der Waals surface area contributed by atoms with Gasteiger partial charge in [-0.25, -0.2) is 9.59 Å². The molecule has 1 heterocycles. The fourth-order valence-electron chi connectivity index (χ4n) is 3.45. The Morgan fingerprint density at radius 3 is 2.23 bits per heavy atom. The summed E-state index contributed by atoms with van der Waals surface area (Å²) in [7, 11) is 1.27. The average Bonchev–Trinajstić information content (AvgIpc) is 3.47. The number of nitrogens with one attached hydrogen (secondary N) is 1. The van der Waals surface area contributed by atoms with Crippen LogP contribution < -0.4 is 5.32 Å². The first-order valence-corrected chi connectivity index (χ1v) is 8.50. The summed E-state index contributed by atoms with van der Waals surface area (Å²) in [5.74, 6) is -0.567. The molecule has 2 aromatic rings. The van der Waals surface area contributed by atoms with Crippen LogP contribution in [-0.4, -0.2) is 44.5 Å². The van der Waals surface area contributed by atoms with Gasteiger partial charge in [-0.3, -0.25) is 0 Å². The second-order valence-corrected chi connectivity index (χ2v) is 6.34. The number of esters is 1. The average molecular weight is 353 g/mol. The maximum atomic E-state index is 12.2. The molecule has 0 saturated carbocycles. The summed E-state index contributed by atoms with van der Waals surface area (Å²) in [6.07, 6.45) is -0.999. The number of hydrogen-bond donors (Lipinski definition) is 1. The molecule has 0 spiro atoms. The molecule has 134 valence electrons. The highest BCUT2D eigenvalue weighted by Crippen LogP contribution is 2.44. The molecule has 0 aromatic heterocycles. The molecule has 1 amide bonds. The topological polar surface area (TPSA) is 77.2 Å². The fraction of sp³-hybridized carbons (Fsp3) is 0.300. The van der Waals surface area contributed by atoms with E-state index in [4.69, 9.17) is 14.2 Å². The third-order valence-corrected chi connectivity index (χ3v) is 4.80. The highest BCUT2D eigenvalue weighted by Gasteiger charge is 2.40. The van der Waals surface area contributed by atoms with Gasteiger partial charge in [0, 0.05) is 5.92 Å². The minimum Gasteiger partial charge on any atom is -0.467 e. The number of carbonyl (C=O) groups is 2. The maximum Gasteiger partial charge on any atom is 0.407 e. The normalized spacial score (nSPS) is 18.4. The summed E-state index contributed by atoms with van der Waals surface area (Å²) < 4.78 is 15.2. The Balaban J connectivity index is 1.46. The molecule has 6 nitrogen and oxygen atoms in total. The number of epoxide rings is 1. The lowest BCUT2D eigenvalue weighted by atomic mass is 9.98. The molecule has 1 N–H and O–H groups in total. The zero-order chi connectivity index (χ0) is 18.1. The Morgan fingerprint density at radius 1 is 1.12 bits per heavy atom. The molecule has 6 heteroatoms. The van der Waals surface area contributed by atoms with Gasteiger partial charge in [0.05, 0.1) is 13.7 Å². The van der Waals surface area contributed by atoms with Crippen molar-refractivity contribution >= 4 is 12.1 Å². The molecule has 2 atom stereocenters. The lowest BCUT2D eigenvalue weighted by molar-refractivity contribution is -0.143. The lowest BCUT2D eigenvalue weighted by Gasteiger charge is -2.17. The molecular weight excluding hydrogens is 334 g/mol. The van der Waals surface area contributed by atoms with Crippen LogP contribution in [0.15, 0.2) is 48.5 Å². The number of benzene rings is 2. The first kappa shape index (κ1) is 16.6. The highest BCUT2D eigenvalue weighted by atomic mass is 16.6. The number of carbonyl (C=O) groups excluding carboxylic acids is 2. The van der Waals surface area contributed by atoms with Crippen LogP contribution in [0, 0.1) is 0 Å². The van der Waals surface area contributed by atoms with Crippen LogP contribution in [0.1, 0.15) is 17.0 Å². The maximum absolute atomic E-state index is 12.2. The zero-order valence-electron chi connectivity index (χ0n) is 14.3. The van der Waals surface area contributed by atoms with Gasteiger partial charge in [-0.2, -0.15) is 0 Å². The molecule has 1 fully saturated rings. The number of fused-ring (bicyclic) bond motifs is 3. The molecular formula is C20H19NO5. The Morgan fingerprint density at radius 2 is 1.69 bits per heavy atom. The van der Waals surface area contributed by atoms with Crippen molar-refractivity contribution in [3.8, 4) is 11.1 Å². The fourth-order valence-corrected chi connectivity index (χ4v) is 3.45. The first-order valence-electron chi connectivity index (χ1n) is 8.50. The standard InChI is InChI=1S/C20H19NO5/c1-24-19(22)18(17-11-25-17)21-20(23)26-10-16-14-8-4-2-6-12(14)13-7-3-5-9-15(13)16/h2-9,16-18H,10-11H2,1H3,(H,21,23). The van der Waals surface area contributed by atoms with Crippen LogP contribution in [0.3, 0.4) is 0 Å². The number of alkyl carbamates (subject to hydrolysis) is 1. The van der Waals surface area contributed by atoms with Crippen LogP contribution in [-0.2, 0) is 19.0 Å². The number of amides is 1. The van der Waals surface area contributed by atoms with Crippen molar-refractivity contribution in [3.63, 3.8) is 0 Å². The van der Waals surface area contributed by atoms with Gasteiger partial charge in [0.25, 0.3) is 0 Å². The van der Waals surface area contributed by atoms with Gasteiger partial charge in [-0.05, 0) is 22.3 Å². The number of hydrogen-bond acceptors (Lipinski definition) is 5. The summed E-state index contributed by atoms with van der Waals surface area (Å²) in [5, 5.41) is 2.54. The van der Waals surface area contributed by atoms with E-state index < -0.39 is 18.1 Å². The Labute approximate surface area is 151 Å². The lowest BCUT2D eigenvalue weighted by Crippen LogP contribution is -2.45.